The number of carbonyl (C=O) groups excluding carboxylic acids is 1. The van der Waals surface area contributed by atoms with E-state index < -0.39 is 10.0 Å². The molecule has 29 heavy (non-hydrogen) atoms. The van der Waals surface area contributed by atoms with Crippen molar-refractivity contribution in [2.45, 2.75) is 0 Å². The average molecular weight is 421 g/mol. The monoisotopic (exact) mass is 421 g/mol. The van der Waals surface area contributed by atoms with Gasteiger partial charge in [0, 0.05) is 38.4 Å². The number of piperazine rings is 1. The van der Waals surface area contributed by atoms with Crippen LogP contribution in [-0.4, -0.2) is 64.2 Å². The number of amides is 1. The van der Waals surface area contributed by atoms with Crippen LogP contribution < -0.4 is 15.0 Å². The SMILES string of the molecule is COc1ccccc1C(=O)NCCS(=O)(=O)N1CCN(c2ccc(F)cc2)CC1. The molecule has 1 fully saturated rings. The predicted octanol–water partition coefficient (Wildman–Crippen LogP) is 1.72. The Bertz CT molecular complexity index is 942. The summed E-state index contributed by atoms with van der Waals surface area (Å²) in [6.45, 7) is 1.76. The first-order valence-corrected chi connectivity index (χ1v) is 10.9. The largest absolute Gasteiger partial charge is 0.496 e. The van der Waals surface area contributed by atoms with Gasteiger partial charge in [-0.25, -0.2) is 12.8 Å². The molecule has 1 heterocycles. The van der Waals surface area contributed by atoms with Crippen LogP contribution in [0.4, 0.5) is 10.1 Å². The number of hydrogen-bond donors (Lipinski definition) is 1. The molecule has 1 aliphatic rings. The molecule has 1 amide bonds. The van der Waals surface area contributed by atoms with Gasteiger partial charge in [-0.15, -0.1) is 0 Å². The second-order valence-corrected chi connectivity index (χ2v) is 8.72. The van der Waals surface area contributed by atoms with Crippen LogP contribution in [0.1, 0.15) is 10.4 Å². The van der Waals surface area contributed by atoms with Gasteiger partial charge < -0.3 is 15.0 Å². The second-order valence-electron chi connectivity index (χ2n) is 6.63. The summed E-state index contributed by atoms with van der Waals surface area (Å²) in [6, 6.07) is 12.9. The third-order valence-electron chi connectivity index (χ3n) is 4.82. The van der Waals surface area contributed by atoms with Crippen LogP contribution in [0.2, 0.25) is 0 Å². The Morgan fingerprint density at radius 1 is 1.07 bits per heavy atom. The first-order chi connectivity index (χ1) is 13.9. The molecule has 0 atom stereocenters. The van der Waals surface area contributed by atoms with Gasteiger partial charge in [0.25, 0.3) is 5.91 Å². The van der Waals surface area contributed by atoms with Gasteiger partial charge in [-0.05, 0) is 36.4 Å². The summed E-state index contributed by atoms with van der Waals surface area (Å²) >= 11 is 0. The summed E-state index contributed by atoms with van der Waals surface area (Å²) in [6.07, 6.45) is 0. The van der Waals surface area contributed by atoms with Crippen LogP contribution in [0.3, 0.4) is 0 Å². The molecule has 0 aromatic heterocycles. The number of nitrogens with zero attached hydrogens (tertiary/aromatic N) is 2. The number of ether oxygens (including phenoxy) is 1. The lowest BCUT2D eigenvalue weighted by atomic mass is 10.2. The standard InChI is InChI=1S/C20H24FN3O4S/c1-28-19-5-3-2-4-18(19)20(25)22-10-15-29(26,27)24-13-11-23(12-14-24)17-8-6-16(21)7-9-17/h2-9H,10-15H2,1H3,(H,22,25). The molecular formula is C20H24FN3O4S. The molecule has 2 aromatic rings. The van der Waals surface area contributed by atoms with Crippen molar-refractivity contribution in [2.75, 3.05) is 50.5 Å². The van der Waals surface area contributed by atoms with Crippen LogP contribution in [0.5, 0.6) is 5.75 Å². The highest BCUT2D eigenvalue weighted by Crippen LogP contribution is 2.19. The summed E-state index contributed by atoms with van der Waals surface area (Å²) in [5, 5.41) is 2.64. The van der Waals surface area contributed by atoms with E-state index in [9.17, 15) is 17.6 Å². The number of carbonyl (C=O) groups is 1. The van der Waals surface area contributed by atoms with Gasteiger partial charge in [-0.2, -0.15) is 4.31 Å². The molecule has 1 saturated heterocycles. The molecule has 156 valence electrons. The summed E-state index contributed by atoms with van der Waals surface area (Å²) in [4.78, 5) is 14.3. The van der Waals surface area contributed by atoms with Crippen LogP contribution >= 0.6 is 0 Å². The lowest BCUT2D eigenvalue weighted by Gasteiger charge is -2.35. The van der Waals surface area contributed by atoms with Crippen molar-refractivity contribution in [2.24, 2.45) is 0 Å². The van der Waals surface area contributed by atoms with Crippen molar-refractivity contribution >= 4 is 21.6 Å². The van der Waals surface area contributed by atoms with Gasteiger partial charge in [-0.3, -0.25) is 4.79 Å². The van der Waals surface area contributed by atoms with E-state index in [0.29, 0.717) is 37.5 Å². The highest BCUT2D eigenvalue weighted by atomic mass is 32.2. The lowest BCUT2D eigenvalue weighted by Crippen LogP contribution is -2.50. The van der Waals surface area contributed by atoms with Crippen molar-refractivity contribution in [3.8, 4) is 5.75 Å². The number of nitrogens with one attached hydrogen (secondary N) is 1. The first kappa shape index (κ1) is 21.1. The van der Waals surface area contributed by atoms with Crippen LogP contribution in [0.15, 0.2) is 48.5 Å². The maximum Gasteiger partial charge on any atom is 0.255 e. The number of anilines is 1. The Morgan fingerprint density at radius 2 is 1.72 bits per heavy atom. The van der Waals surface area contributed by atoms with E-state index >= 15 is 0 Å². The van der Waals surface area contributed by atoms with Gasteiger partial charge >= 0.3 is 0 Å². The lowest BCUT2D eigenvalue weighted by molar-refractivity contribution is 0.0953. The van der Waals surface area contributed by atoms with Gasteiger partial charge in [0.15, 0.2) is 0 Å². The Labute approximate surface area is 170 Å². The second kappa shape index (κ2) is 9.23. The van der Waals surface area contributed by atoms with E-state index in [4.69, 9.17) is 4.74 Å². The number of hydrogen-bond acceptors (Lipinski definition) is 5. The van der Waals surface area contributed by atoms with Crippen LogP contribution in [-0.2, 0) is 10.0 Å². The Morgan fingerprint density at radius 3 is 2.38 bits per heavy atom. The van der Waals surface area contributed by atoms with E-state index in [-0.39, 0.29) is 24.0 Å². The van der Waals surface area contributed by atoms with Gasteiger partial charge in [0.1, 0.15) is 11.6 Å². The van der Waals surface area contributed by atoms with E-state index in [2.05, 4.69) is 5.32 Å². The minimum atomic E-state index is -3.49. The molecule has 0 bridgehead atoms. The molecule has 7 nitrogen and oxygen atoms in total. The quantitative estimate of drug-likeness (QED) is 0.737. The number of methoxy groups -OCH3 is 1. The molecule has 0 saturated carbocycles. The summed E-state index contributed by atoms with van der Waals surface area (Å²) in [5.41, 5.74) is 1.23. The summed E-state index contributed by atoms with van der Waals surface area (Å²) < 4.78 is 44.8. The number of halogens is 1. The molecular weight excluding hydrogens is 397 g/mol. The number of rotatable bonds is 7. The zero-order valence-corrected chi connectivity index (χ0v) is 17.0. The fraction of sp³-hybridized carbons (Fsp3) is 0.350. The minimum absolute atomic E-state index is 0.0113. The molecule has 1 aliphatic heterocycles. The Kier molecular flexibility index (Phi) is 6.71. The molecule has 1 N–H and O–H groups in total. The fourth-order valence-corrected chi connectivity index (χ4v) is 4.56. The predicted molar refractivity (Wildman–Crippen MR) is 109 cm³/mol. The normalized spacial score (nSPS) is 15.2. The zero-order valence-electron chi connectivity index (χ0n) is 16.2. The topological polar surface area (TPSA) is 78.9 Å². The number of para-hydroxylation sites is 1. The Balaban J connectivity index is 1.50. The number of sulfonamides is 1. The van der Waals surface area contributed by atoms with E-state index in [1.807, 2.05) is 4.90 Å². The smallest absolute Gasteiger partial charge is 0.255 e. The summed E-state index contributed by atoms with van der Waals surface area (Å²) in [7, 11) is -2.01. The van der Waals surface area contributed by atoms with Gasteiger partial charge in [0.2, 0.25) is 10.0 Å². The van der Waals surface area contributed by atoms with E-state index in [1.165, 1.54) is 23.5 Å². The maximum atomic E-state index is 13.1. The molecule has 0 unspecified atom stereocenters. The van der Waals surface area contributed by atoms with Crippen molar-refractivity contribution in [1.82, 2.24) is 9.62 Å². The minimum Gasteiger partial charge on any atom is -0.496 e. The van der Waals surface area contributed by atoms with Crippen LogP contribution in [0, 0.1) is 5.82 Å². The van der Waals surface area contributed by atoms with Crippen molar-refractivity contribution in [1.29, 1.82) is 0 Å². The zero-order chi connectivity index (χ0) is 20.9. The third-order valence-corrected chi connectivity index (χ3v) is 6.69. The third kappa shape index (κ3) is 5.24. The van der Waals surface area contributed by atoms with Crippen molar-refractivity contribution in [3.05, 3.63) is 59.9 Å². The maximum absolute atomic E-state index is 13.1. The molecule has 0 radical (unpaired) electrons. The number of benzene rings is 2. The average Bonchev–Trinajstić information content (AvgIpc) is 2.74. The van der Waals surface area contributed by atoms with Gasteiger partial charge in [-0.1, -0.05) is 12.1 Å². The molecule has 0 spiro atoms. The van der Waals surface area contributed by atoms with Crippen molar-refractivity contribution < 1.29 is 22.3 Å². The van der Waals surface area contributed by atoms with E-state index in [0.717, 1.165) is 5.69 Å². The fourth-order valence-electron chi connectivity index (χ4n) is 3.23. The van der Waals surface area contributed by atoms with Gasteiger partial charge in [0.05, 0.1) is 18.4 Å². The van der Waals surface area contributed by atoms with Crippen molar-refractivity contribution in [3.63, 3.8) is 0 Å². The Hall–Kier alpha value is -2.65. The highest BCUT2D eigenvalue weighted by Gasteiger charge is 2.27. The molecule has 3 rings (SSSR count). The molecule has 2 aromatic carbocycles. The summed E-state index contributed by atoms with van der Waals surface area (Å²) in [5.74, 6) is -0.418. The molecule has 9 heteroatoms. The van der Waals surface area contributed by atoms with Crippen LogP contribution in [0.25, 0.3) is 0 Å². The van der Waals surface area contributed by atoms with E-state index in [1.54, 1.807) is 36.4 Å². The first-order valence-electron chi connectivity index (χ1n) is 9.30. The highest BCUT2D eigenvalue weighted by molar-refractivity contribution is 7.89. The molecule has 0 aliphatic carbocycles.